The number of benzene rings is 4. The molecule has 40 heavy (non-hydrogen) atoms. The fourth-order valence-corrected chi connectivity index (χ4v) is 6.87. The Labute approximate surface area is 238 Å². The molecule has 0 aliphatic heterocycles. The number of aromatic nitrogens is 1. The van der Waals surface area contributed by atoms with Crippen molar-refractivity contribution in [2.45, 2.75) is 52.4 Å². The molecule has 0 spiro atoms. The van der Waals surface area contributed by atoms with Gasteiger partial charge in [0.2, 0.25) is 0 Å². The molecule has 198 valence electrons. The molecule has 0 unspecified atom stereocenters. The number of aryl methyl sites for hydroxylation is 1. The van der Waals surface area contributed by atoms with Gasteiger partial charge in [-0.15, -0.1) is 0 Å². The zero-order valence-corrected chi connectivity index (χ0v) is 24.5. The molecule has 0 bridgehead atoms. The van der Waals surface area contributed by atoms with Gasteiger partial charge >= 0.3 is 0 Å². The minimum Gasteiger partial charge on any atom is -0.256 e. The monoisotopic (exact) mass is 519 g/mol. The van der Waals surface area contributed by atoms with Gasteiger partial charge in [0.1, 0.15) is 0 Å². The van der Waals surface area contributed by atoms with Gasteiger partial charge < -0.3 is 0 Å². The predicted molar refractivity (Wildman–Crippen MR) is 173 cm³/mol. The van der Waals surface area contributed by atoms with Crippen LogP contribution in [-0.2, 0) is 10.8 Å². The van der Waals surface area contributed by atoms with E-state index in [4.69, 9.17) is 4.98 Å². The Morgan fingerprint density at radius 3 is 2.12 bits per heavy atom. The van der Waals surface area contributed by atoms with Gasteiger partial charge in [0.25, 0.3) is 0 Å². The first-order chi connectivity index (χ1) is 19.2. The smallest absolute Gasteiger partial charge is 0.0792 e. The van der Waals surface area contributed by atoms with Gasteiger partial charge in [-0.2, -0.15) is 0 Å². The van der Waals surface area contributed by atoms with Crippen LogP contribution in [0, 0.1) is 6.92 Å². The van der Waals surface area contributed by atoms with Gasteiger partial charge in [0.15, 0.2) is 0 Å². The molecule has 1 nitrogen and oxygen atoms in total. The molecular formula is C39H37N. The molecule has 6 rings (SSSR count). The lowest BCUT2D eigenvalue weighted by Gasteiger charge is -2.44. The highest BCUT2D eigenvalue weighted by atomic mass is 14.7. The largest absolute Gasteiger partial charge is 0.256 e. The van der Waals surface area contributed by atoms with Crippen molar-refractivity contribution in [3.05, 3.63) is 143 Å². The molecule has 1 aliphatic rings. The Morgan fingerprint density at radius 2 is 1.43 bits per heavy atom. The van der Waals surface area contributed by atoms with Crippen LogP contribution in [0.25, 0.3) is 38.4 Å². The Kier molecular flexibility index (Phi) is 6.15. The van der Waals surface area contributed by atoms with E-state index >= 15 is 0 Å². The SMILES string of the molecule is C=C/C=C(\C=C/C)c1c2cc3c(cc2c(-c2ccccc2)c2cccnc12)C(C)(C)c1cc(C)ccc1C3(C)C. The Hall–Kier alpha value is -4.23. The van der Waals surface area contributed by atoms with Crippen LogP contribution in [0.15, 0.2) is 110 Å². The Morgan fingerprint density at radius 1 is 0.750 bits per heavy atom. The minimum absolute atomic E-state index is 0.137. The molecule has 0 saturated carbocycles. The van der Waals surface area contributed by atoms with Crippen LogP contribution in [0.5, 0.6) is 0 Å². The molecule has 4 aromatic carbocycles. The van der Waals surface area contributed by atoms with E-state index in [2.05, 4.69) is 139 Å². The van der Waals surface area contributed by atoms with Crippen molar-refractivity contribution in [1.29, 1.82) is 0 Å². The normalized spacial score (nSPS) is 15.8. The van der Waals surface area contributed by atoms with Crippen molar-refractivity contribution in [3.8, 4) is 11.1 Å². The quantitative estimate of drug-likeness (QED) is 0.170. The van der Waals surface area contributed by atoms with E-state index in [0.717, 1.165) is 16.7 Å². The summed E-state index contributed by atoms with van der Waals surface area (Å²) in [6.45, 7) is 17.9. The average Bonchev–Trinajstić information content (AvgIpc) is 2.94. The summed E-state index contributed by atoms with van der Waals surface area (Å²) in [5, 5.41) is 3.66. The standard InChI is InChI=1S/C39H37N/c1-8-14-26(15-9-2)36-30-24-33-34(39(6,7)32-22-25(3)19-20-31(32)38(33,4)5)23-29(30)35(27-16-11-10-12-17-27)28-18-13-21-40-37(28)36/h8-24H,1H2,2-7H3/b15-9-,26-14+. The summed E-state index contributed by atoms with van der Waals surface area (Å²) in [6, 6.07) is 27.1. The number of allylic oxidation sites excluding steroid dienone is 5. The third kappa shape index (κ3) is 3.79. The van der Waals surface area contributed by atoms with Gasteiger partial charge in [-0.3, -0.25) is 4.98 Å². The van der Waals surface area contributed by atoms with Gasteiger partial charge in [0.05, 0.1) is 5.52 Å². The lowest BCUT2D eigenvalue weighted by atomic mass is 9.59. The molecule has 0 fully saturated rings. The summed E-state index contributed by atoms with van der Waals surface area (Å²) in [5.41, 5.74) is 12.4. The highest BCUT2D eigenvalue weighted by molar-refractivity contribution is 6.18. The number of nitrogens with zero attached hydrogens (tertiary/aromatic N) is 1. The van der Waals surface area contributed by atoms with E-state index in [0.29, 0.717) is 0 Å². The third-order valence-corrected chi connectivity index (χ3v) is 8.87. The van der Waals surface area contributed by atoms with Crippen LogP contribution < -0.4 is 0 Å². The number of hydrogen-bond acceptors (Lipinski definition) is 1. The van der Waals surface area contributed by atoms with E-state index in [9.17, 15) is 0 Å². The molecular weight excluding hydrogens is 482 g/mol. The molecule has 5 aromatic rings. The summed E-state index contributed by atoms with van der Waals surface area (Å²) in [7, 11) is 0. The molecule has 0 amide bonds. The fraction of sp³-hybridized carbons (Fsp3) is 0.205. The predicted octanol–water partition coefficient (Wildman–Crippen LogP) is 10.5. The van der Waals surface area contributed by atoms with Crippen LogP contribution in [0.1, 0.15) is 68.0 Å². The molecule has 1 heteroatoms. The van der Waals surface area contributed by atoms with Gasteiger partial charge in [-0.05, 0) is 81.8 Å². The number of hydrogen-bond donors (Lipinski definition) is 0. The summed E-state index contributed by atoms with van der Waals surface area (Å²) < 4.78 is 0. The van der Waals surface area contributed by atoms with Crippen molar-refractivity contribution in [2.24, 2.45) is 0 Å². The second kappa shape index (κ2) is 9.45. The summed E-state index contributed by atoms with van der Waals surface area (Å²) in [4.78, 5) is 5.02. The van der Waals surface area contributed by atoms with Crippen molar-refractivity contribution in [1.82, 2.24) is 4.98 Å². The molecule has 1 heterocycles. The number of fused-ring (bicyclic) bond motifs is 4. The number of rotatable bonds is 4. The molecule has 0 N–H and O–H groups in total. The first-order valence-electron chi connectivity index (χ1n) is 14.2. The van der Waals surface area contributed by atoms with Crippen molar-refractivity contribution >= 4 is 27.2 Å². The fourth-order valence-electron chi connectivity index (χ4n) is 6.87. The molecule has 0 radical (unpaired) electrons. The second-order valence-corrected chi connectivity index (χ2v) is 12.1. The zero-order chi connectivity index (χ0) is 28.2. The molecule has 1 aromatic heterocycles. The average molecular weight is 520 g/mol. The first-order valence-corrected chi connectivity index (χ1v) is 14.2. The van der Waals surface area contributed by atoms with Crippen molar-refractivity contribution in [2.75, 3.05) is 0 Å². The van der Waals surface area contributed by atoms with Crippen LogP contribution >= 0.6 is 0 Å². The van der Waals surface area contributed by atoms with E-state index in [-0.39, 0.29) is 10.8 Å². The summed E-state index contributed by atoms with van der Waals surface area (Å²) in [6.07, 6.45) is 10.2. The highest BCUT2D eigenvalue weighted by Gasteiger charge is 2.42. The Bertz CT molecular complexity index is 1860. The topological polar surface area (TPSA) is 12.9 Å². The minimum atomic E-state index is -0.145. The van der Waals surface area contributed by atoms with Gasteiger partial charge in [0, 0.05) is 28.0 Å². The second-order valence-electron chi connectivity index (χ2n) is 12.1. The summed E-state index contributed by atoms with van der Waals surface area (Å²) >= 11 is 0. The highest BCUT2D eigenvalue weighted by Crippen LogP contribution is 2.53. The van der Waals surface area contributed by atoms with E-state index in [1.807, 2.05) is 12.3 Å². The lowest BCUT2D eigenvalue weighted by Crippen LogP contribution is -2.36. The lowest BCUT2D eigenvalue weighted by molar-refractivity contribution is 0.521. The van der Waals surface area contributed by atoms with Gasteiger partial charge in [-0.25, -0.2) is 0 Å². The van der Waals surface area contributed by atoms with Crippen LogP contribution in [0.3, 0.4) is 0 Å². The molecule has 0 saturated heterocycles. The number of pyridine rings is 1. The van der Waals surface area contributed by atoms with E-state index in [1.54, 1.807) is 0 Å². The van der Waals surface area contributed by atoms with Crippen LogP contribution in [-0.4, -0.2) is 4.98 Å². The van der Waals surface area contributed by atoms with Crippen LogP contribution in [0.2, 0.25) is 0 Å². The Balaban J connectivity index is 1.86. The maximum atomic E-state index is 5.02. The van der Waals surface area contributed by atoms with Gasteiger partial charge in [-0.1, -0.05) is 119 Å². The van der Waals surface area contributed by atoms with Crippen LogP contribution in [0.4, 0.5) is 0 Å². The maximum Gasteiger partial charge on any atom is 0.0792 e. The summed E-state index contributed by atoms with van der Waals surface area (Å²) in [5.74, 6) is 0. The maximum absolute atomic E-state index is 5.02. The van der Waals surface area contributed by atoms with Crippen molar-refractivity contribution < 1.29 is 0 Å². The molecule has 0 atom stereocenters. The zero-order valence-electron chi connectivity index (χ0n) is 24.5. The van der Waals surface area contributed by atoms with E-state index < -0.39 is 0 Å². The third-order valence-electron chi connectivity index (χ3n) is 8.87. The molecule has 1 aliphatic carbocycles. The first kappa shape index (κ1) is 26.0. The van der Waals surface area contributed by atoms with Crippen molar-refractivity contribution in [3.63, 3.8) is 0 Å². The van der Waals surface area contributed by atoms with E-state index in [1.165, 1.54) is 55.1 Å².